The smallest absolute Gasteiger partial charge is 0.317 e. The minimum Gasteiger partial charge on any atom is -0.469 e. The fourth-order valence-electron chi connectivity index (χ4n) is 8.00. The average Bonchev–Trinajstić information content (AvgIpc) is 3.15. The van der Waals surface area contributed by atoms with Gasteiger partial charge in [0.25, 0.3) is 0 Å². The first-order valence-electron chi connectivity index (χ1n) is 11.2. The second kappa shape index (κ2) is 6.46. The molecule has 3 saturated carbocycles. The van der Waals surface area contributed by atoms with Gasteiger partial charge < -0.3 is 24.1 Å². The quantitative estimate of drug-likeness (QED) is 0.376. The Bertz CT molecular complexity index is 1030. The molecule has 4 fully saturated rings. The van der Waals surface area contributed by atoms with Crippen LogP contribution in [0.2, 0.25) is 0 Å². The monoisotopic (exact) mass is 460 g/mol. The first kappa shape index (κ1) is 22.1. The summed E-state index contributed by atoms with van der Waals surface area (Å²) in [6.07, 6.45) is 2.23. The fourth-order valence-corrected chi connectivity index (χ4v) is 8.00. The van der Waals surface area contributed by atoms with Crippen LogP contribution in [0.5, 0.6) is 0 Å². The van der Waals surface area contributed by atoms with E-state index in [4.69, 9.17) is 18.9 Å². The molecule has 1 spiro atoms. The Hall–Kier alpha value is -2.68. The summed E-state index contributed by atoms with van der Waals surface area (Å²) in [5.41, 5.74) is -4.44. The van der Waals surface area contributed by atoms with Gasteiger partial charge in [0.1, 0.15) is 22.7 Å². The number of aliphatic hydroxyl groups excluding tert-OH is 1. The Morgan fingerprint density at radius 1 is 1.24 bits per heavy atom. The summed E-state index contributed by atoms with van der Waals surface area (Å²) in [6.45, 7) is 8.26. The molecule has 4 aliphatic carbocycles. The zero-order valence-corrected chi connectivity index (χ0v) is 19.1. The molecule has 1 heterocycles. The Balaban J connectivity index is 1.73. The van der Waals surface area contributed by atoms with Crippen LogP contribution >= 0.6 is 0 Å². The SMILES string of the molecule is C=C1[C@H](O)[C@]23C[C@@]1(OC(C)=O)CC[C@H]2[C@@]12C=C[C@H](OC(C)=O)[C@@](C)(C(=O)O1)C2[C@@H]3C(=O)OC. The molecule has 4 bridgehead atoms. The van der Waals surface area contributed by atoms with E-state index in [1.54, 1.807) is 19.1 Å². The van der Waals surface area contributed by atoms with Crippen molar-refractivity contribution in [2.75, 3.05) is 7.11 Å². The number of rotatable bonds is 3. The Morgan fingerprint density at radius 2 is 1.94 bits per heavy atom. The average molecular weight is 460 g/mol. The molecule has 9 atom stereocenters. The van der Waals surface area contributed by atoms with Gasteiger partial charge in [-0.1, -0.05) is 6.58 Å². The predicted octanol–water partition coefficient (Wildman–Crippen LogP) is 1.23. The number of carbonyl (C=O) groups is 4. The van der Waals surface area contributed by atoms with Gasteiger partial charge in [-0.25, -0.2) is 0 Å². The molecule has 0 aromatic rings. The summed E-state index contributed by atoms with van der Waals surface area (Å²) in [5, 5.41) is 11.6. The van der Waals surface area contributed by atoms with Crippen molar-refractivity contribution in [1.82, 2.24) is 0 Å². The molecule has 33 heavy (non-hydrogen) atoms. The molecule has 5 rings (SSSR count). The number of ether oxygens (including phenoxy) is 4. The van der Waals surface area contributed by atoms with Crippen molar-refractivity contribution in [2.45, 2.75) is 63.4 Å². The molecule has 1 aliphatic heterocycles. The molecular formula is C24H28O9. The standard InChI is InChI=1S/C24H28O9/c1-11-18(27)23-10-22(11,32-13(3)26)8-6-14(23)24-9-7-15(31-12(2)25)21(4,20(29)33-24)17(24)16(23)19(28)30-5/h7,9,14-18,27H,1,6,8,10H2,2-5H3/t14-,15+,16-,17?,18+,21-,22+,23-,24-/m1/s1. The van der Waals surface area contributed by atoms with Crippen molar-refractivity contribution in [1.29, 1.82) is 0 Å². The lowest BCUT2D eigenvalue weighted by Crippen LogP contribution is -2.52. The molecule has 9 nitrogen and oxygen atoms in total. The van der Waals surface area contributed by atoms with E-state index in [1.807, 2.05) is 0 Å². The highest BCUT2D eigenvalue weighted by Crippen LogP contribution is 2.78. The Labute approximate surface area is 191 Å². The third-order valence-corrected chi connectivity index (χ3v) is 9.01. The largest absolute Gasteiger partial charge is 0.469 e. The molecule has 0 amide bonds. The van der Waals surface area contributed by atoms with Gasteiger partial charge in [0.2, 0.25) is 0 Å². The van der Waals surface area contributed by atoms with Crippen molar-refractivity contribution >= 4 is 23.9 Å². The third kappa shape index (κ3) is 2.31. The fraction of sp³-hybridized carbons (Fsp3) is 0.667. The molecule has 0 aromatic heterocycles. The first-order chi connectivity index (χ1) is 15.4. The lowest BCUT2D eigenvalue weighted by molar-refractivity contribution is -0.174. The van der Waals surface area contributed by atoms with Crippen molar-refractivity contribution in [3.63, 3.8) is 0 Å². The van der Waals surface area contributed by atoms with Gasteiger partial charge in [0, 0.05) is 37.5 Å². The van der Waals surface area contributed by atoms with E-state index in [1.165, 1.54) is 21.0 Å². The summed E-state index contributed by atoms with van der Waals surface area (Å²) >= 11 is 0. The van der Waals surface area contributed by atoms with Gasteiger partial charge in [-0.15, -0.1) is 0 Å². The predicted molar refractivity (Wildman–Crippen MR) is 110 cm³/mol. The second-order valence-electron chi connectivity index (χ2n) is 10.3. The zero-order valence-electron chi connectivity index (χ0n) is 19.1. The molecule has 1 N–H and O–H groups in total. The minimum absolute atomic E-state index is 0.169. The number of methoxy groups -OCH3 is 1. The van der Waals surface area contributed by atoms with Gasteiger partial charge >= 0.3 is 23.9 Å². The molecule has 9 heteroatoms. The van der Waals surface area contributed by atoms with Crippen molar-refractivity contribution in [3.8, 4) is 0 Å². The maximum absolute atomic E-state index is 13.4. The van der Waals surface area contributed by atoms with Gasteiger partial charge in [-0.2, -0.15) is 0 Å². The lowest BCUT2D eigenvalue weighted by atomic mass is 9.60. The lowest BCUT2D eigenvalue weighted by Gasteiger charge is -2.46. The zero-order chi connectivity index (χ0) is 24.1. The number of esters is 4. The van der Waals surface area contributed by atoms with Crippen LogP contribution in [-0.2, 0) is 38.1 Å². The first-order valence-corrected chi connectivity index (χ1v) is 11.2. The van der Waals surface area contributed by atoms with Crippen LogP contribution in [0.1, 0.15) is 40.0 Å². The van der Waals surface area contributed by atoms with Gasteiger partial charge in [0.15, 0.2) is 0 Å². The normalized spacial score (nSPS) is 48.6. The van der Waals surface area contributed by atoms with E-state index >= 15 is 0 Å². The van der Waals surface area contributed by atoms with E-state index in [0.29, 0.717) is 18.4 Å². The van der Waals surface area contributed by atoms with E-state index < -0.39 is 75.9 Å². The Morgan fingerprint density at radius 3 is 2.55 bits per heavy atom. The molecule has 1 unspecified atom stereocenters. The van der Waals surface area contributed by atoms with E-state index in [-0.39, 0.29) is 6.42 Å². The third-order valence-electron chi connectivity index (χ3n) is 9.01. The number of carbonyl (C=O) groups excluding carboxylic acids is 4. The van der Waals surface area contributed by atoms with E-state index in [9.17, 15) is 24.3 Å². The molecule has 5 aliphatic rings. The number of fused-ring (bicyclic) bond motifs is 1. The minimum atomic E-state index is -1.36. The maximum Gasteiger partial charge on any atom is 0.317 e. The second-order valence-corrected chi connectivity index (χ2v) is 10.3. The van der Waals surface area contributed by atoms with Gasteiger partial charge in [-0.3, -0.25) is 19.2 Å². The molecule has 178 valence electrons. The molecule has 1 saturated heterocycles. The van der Waals surface area contributed by atoms with Crippen molar-refractivity contribution in [2.24, 2.45) is 28.6 Å². The molecular weight excluding hydrogens is 432 g/mol. The van der Waals surface area contributed by atoms with Gasteiger partial charge in [0.05, 0.1) is 19.1 Å². The van der Waals surface area contributed by atoms with Crippen LogP contribution in [0.15, 0.2) is 24.3 Å². The number of aliphatic hydroxyl groups is 1. The Kier molecular flexibility index (Phi) is 4.33. The van der Waals surface area contributed by atoms with E-state index in [2.05, 4.69) is 6.58 Å². The summed E-state index contributed by atoms with van der Waals surface area (Å²) in [4.78, 5) is 50.5. The summed E-state index contributed by atoms with van der Waals surface area (Å²) < 4.78 is 22.5. The summed E-state index contributed by atoms with van der Waals surface area (Å²) in [7, 11) is 1.26. The van der Waals surface area contributed by atoms with Crippen LogP contribution in [-0.4, -0.2) is 59.5 Å². The highest BCUT2D eigenvalue weighted by Gasteiger charge is 2.86. The maximum atomic E-state index is 13.4. The van der Waals surface area contributed by atoms with Crippen molar-refractivity contribution in [3.05, 3.63) is 24.3 Å². The van der Waals surface area contributed by atoms with Crippen LogP contribution in [0.4, 0.5) is 0 Å². The van der Waals surface area contributed by atoms with Crippen LogP contribution in [0.25, 0.3) is 0 Å². The van der Waals surface area contributed by atoms with E-state index in [0.717, 1.165) is 0 Å². The van der Waals surface area contributed by atoms with Crippen molar-refractivity contribution < 1.29 is 43.2 Å². The number of hydrogen-bond donors (Lipinski definition) is 1. The highest BCUT2D eigenvalue weighted by molar-refractivity contribution is 5.87. The highest BCUT2D eigenvalue weighted by atomic mass is 16.6. The topological polar surface area (TPSA) is 125 Å². The van der Waals surface area contributed by atoms with Crippen LogP contribution < -0.4 is 0 Å². The van der Waals surface area contributed by atoms with Crippen LogP contribution in [0.3, 0.4) is 0 Å². The summed E-state index contributed by atoms with van der Waals surface area (Å²) in [5.74, 6) is -4.40. The van der Waals surface area contributed by atoms with Crippen LogP contribution in [0, 0.1) is 28.6 Å². The summed E-state index contributed by atoms with van der Waals surface area (Å²) in [6, 6.07) is 0. The molecule has 0 aromatic carbocycles. The van der Waals surface area contributed by atoms with Gasteiger partial charge in [-0.05, 0) is 37.5 Å². The molecule has 0 radical (unpaired) electrons. The number of hydrogen-bond acceptors (Lipinski definition) is 9.